The van der Waals surface area contributed by atoms with Crippen LogP contribution in [-0.2, 0) is 11.3 Å². The molecule has 1 amide bonds. The summed E-state index contributed by atoms with van der Waals surface area (Å²) in [6.07, 6.45) is 1.09. The van der Waals surface area contributed by atoms with Gasteiger partial charge >= 0.3 is 13.2 Å². The number of ether oxygens (including phenoxy) is 2. The minimum absolute atomic E-state index is 0.138. The maximum absolute atomic E-state index is 12.1. The summed E-state index contributed by atoms with van der Waals surface area (Å²) in [4.78, 5) is 17.6. The molecule has 2 N–H and O–H groups in total. The molecule has 0 atom stereocenters. The van der Waals surface area contributed by atoms with Gasteiger partial charge in [0.05, 0.1) is 13.7 Å². The molecule has 1 aromatic rings. The van der Waals surface area contributed by atoms with Gasteiger partial charge < -0.3 is 24.4 Å². The van der Waals surface area contributed by atoms with E-state index < -0.39 is 18.8 Å². The summed E-state index contributed by atoms with van der Waals surface area (Å²) in [5.41, 5.74) is 0.228. The van der Waals surface area contributed by atoms with Crippen molar-refractivity contribution in [2.45, 2.75) is 39.8 Å². The topological polar surface area (TPSA) is 92.1 Å². The number of aromatic nitrogens is 1. The first-order chi connectivity index (χ1) is 10.2. The molecule has 1 heterocycles. The van der Waals surface area contributed by atoms with Gasteiger partial charge in [-0.2, -0.15) is 0 Å². The van der Waals surface area contributed by atoms with Crippen molar-refractivity contribution in [3.63, 3.8) is 0 Å². The molecule has 0 radical (unpaired) electrons. The molecule has 22 heavy (non-hydrogen) atoms. The van der Waals surface area contributed by atoms with Gasteiger partial charge in [-0.15, -0.1) is 0 Å². The SMILES string of the molecule is CCN(Cc1cnc(OC)c(B(O)O)c1)C(=O)OC(C)(C)C. The Hall–Kier alpha value is -1.80. The van der Waals surface area contributed by atoms with Crippen molar-refractivity contribution in [1.29, 1.82) is 0 Å². The minimum atomic E-state index is -1.70. The highest BCUT2D eigenvalue weighted by Gasteiger charge is 2.23. The zero-order chi connectivity index (χ0) is 16.9. The number of hydrogen-bond donors (Lipinski definition) is 2. The molecule has 122 valence electrons. The monoisotopic (exact) mass is 310 g/mol. The molecule has 8 heteroatoms. The number of pyridine rings is 1. The van der Waals surface area contributed by atoms with Gasteiger partial charge in [0.2, 0.25) is 5.88 Å². The third-order valence-electron chi connectivity index (χ3n) is 2.81. The Morgan fingerprint density at radius 1 is 1.41 bits per heavy atom. The molecule has 0 saturated heterocycles. The second-order valence-electron chi connectivity index (χ2n) is 5.81. The van der Waals surface area contributed by atoms with Gasteiger partial charge in [-0.3, -0.25) is 0 Å². The van der Waals surface area contributed by atoms with Gasteiger partial charge in [0, 0.05) is 18.2 Å². The Morgan fingerprint density at radius 2 is 2.05 bits per heavy atom. The van der Waals surface area contributed by atoms with E-state index in [4.69, 9.17) is 9.47 Å². The van der Waals surface area contributed by atoms with Crippen LogP contribution < -0.4 is 10.2 Å². The Bertz CT molecular complexity index is 516. The maximum Gasteiger partial charge on any atom is 0.494 e. The summed E-state index contributed by atoms with van der Waals surface area (Å²) in [7, 11) is -0.300. The van der Waals surface area contributed by atoms with E-state index in [2.05, 4.69) is 4.98 Å². The average Bonchev–Trinajstić information content (AvgIpc) is 2.42. The lowest BCUT2D eigenvalue weighted by Crippen LogP contribution is -2.37. The number of carbonyl (C=O) groups is 1. The zero-order valence-electron chi connectivity index (χ0n) is 13.7. The molecular formula is C14H23BN2O5. The van der Waals surface area contributed by atoms with E-state index in [9.17, 15) is 14.8 Å². The molecule has 0 saturated carbocycles. The van der Waals surface area contributed by atoms with Crippen molar-refractivity contribution in [3.05, 3.63) is 17.8 Å². The van der Waals surface area contributed by atoms with E-state index in [0.29, 0.717) is 12.1 Å². The van der Waals surface area contributed by atoms with Crippen LogP contribution in [0.25, 0.3) is 0 Å². The summed E-state index contributed by atoms with van der Waals surface area (Å²) >= 11 is 0. The summed E-state index contributed by atoms with van der Waals surface area (Å²) in [6.45, 7) is 7.94. The Balaban J connectivity index is 2.92. The smallest absolute Gasteiger partial charge is 0.481 e. The van der Waals surface area contributed by atoms with Crippen LogP contribution in [0.5, 0.6) is 5.88 Å². The first-order valence-electron chi connectivity index (χ1n) is 7.04. The summed E-state index contributed by atoms with van der Waals surface area (Å²) in [6, 6.07) is 1.55. The van der Waals surface area contributed by atoms with Crippen LogP contribution >= 0.6 is 0 Å². The van der Waals surface area contributed by atoms with Crippen LogP contribution in [0.1, 0.15) is 33.3 Å². The van der Waals surface area contributed by atoms with Crippen LogP contribution in [0, 0.1) is 0 Å². The second kappa shape index (κ2) is 7.46. The third kappa shape index (κ3) is 5.20. The van der Waals surface area contributed by atoms with Crippen LogP contribution in [0.15, 0.2) is 12.3 Å². The number of hydrogen-bond acceptors (Lipinski definition) is 6. The van der Waals surface area contributed by atoms with Crippen LogP contribution in [0.2, 0.25) is 0 Å². The maximum atomic E-state index is 12.1. The summed E-state index contributed by atoms with van der Waals surface area (Å²) in [5.74, 6) is 0.138. The average molecular weight is 310 g/mol. The van der Waals surface area contributed by atoms with E-state index in [-0.39, 0.29) is 17.9 Å². The lowest BCUT2D eigenvalue weighted by Gasteiger charge is -2.26. The molecule has 0 aliphatic heterocycles. The van der Waals surface area contributed by atoms with E-state index in [1.807, 2.05) is 6.92 Å². The Labute approximate surface area is 131 Å². The molecule has 1 rings (SSSR count). The molecule has 0 aromatic carbocycles. The van der Waals surface area contributed by atoms with E-state index in [1.54, 1.807) is 26.8 Å². The van der Waals surface area contributed by atoms with E-state index >= 15 is 0 Å². The molecular weight excluding hydrogens is 287 g/mol. The quantitative estimate of drug-likeness (QED) is 0.771. The number of nitrogens with zero attached hydrogens (tertiary/aromatic N) is 2. The molecule has 1 aromatic heterocycles. The normalized spacial score (nSPS) is 11.0. The number of rotatable bonds is 5. The van der Waals surface area contributed by atoms with Crippen LogP contribution in [0.3, 0.4) is 0 Å². The van der Waals surface area contributed by atoms with Gasteiger partial charge in [-0.25, -0.2) is 9.78 Å². The van der Waals surface area contributed by atoms with Crippen LogP contribution in [0.4, 0.5) is 4.79 Å². The Kier molecular flexibility index (Phi) is 6.19. The minimum Gasteiger partial charge on any atom is -0.481 e. The van der Waals surface area contributed by atoms with Crippen molar-refractivity contribution >= 4 is 18.7 Å². The molecule has 7 nitrogen and oxygen atoms in total. The molecule has 0 bridgehead atoms. The predicted molar refractivity (Wildman–Crippen MR) is 82.9 cm³/mol. The highest BCUT2D eigenvalue weighted by molar-refractivity contribution is 6.59. The zero-order valence-corrected chi connectivity index (χ0v) is 13.7. The summed E-state index contributed by atoms with van der Waals surface area (Å²) < 4.78 is 10.3. The lowest BCUT2D eigenvalue weighted by molar-refractivity contribution is 0.0244. The lowest BCUT2D eigenvalue weighted by atomic mass is 9.80. The first-order valence-corrected chi connectivity index (χ1v) is 7.04. The standard InChI is InChI=1S/C14H23BN2O5/c1-6-17(13(18)22-14(2,3)4)9-10-7-11(15(19)20)12(21-5)16-8-10/h7-8,19-20H,6,9H2,1-5H3. The van der Waals surface area contributed by atoms with Crippen molar-refractivity contribution in [3.8, 4) is 5.88 Å². The molecule has 0 aliphatic carbocycles. The van der Waals surface area contributed by atoms with Crippen molar-refractivity contribution in [2.75, 3.05) is 13.7 Å². The second-order valence-corrected chi connectivity index (χ2v) is 5.81. The third-order valence-corrected chi connectivity index (χ3v) is 2.81. The van der Waals surface area contributed by atoms with Crippen molar-refractivity contribution < 1.29 is 24.3 Å². The fourth-order valence-corrected chi connectivity index (χ4v) is 1.81. The van der Waals surface area contributed by atoms with Gasteiger partial charge in [0.15, 0.2) is 0 Å². The molecule has 0 fully saturated rings. The fraction of sp³-hybridized carbons (Fsp3) is 0.571. The van der Waals surface area contributed by atoms with Crippen molar-refractivity contribution in [1.82, 2.24) is 9.88 Å². The first kappa shape index (κ1) is 18.3. The molecule has 0 unspecified atom stereocenters. The predicted octanol–water partition coefficient (Wildman–Crippen LogP) is 0.527. The van der Waals surface area contributed by atoms with Gasteiger partial charge in [-0.1, -0.05) is 6.07 Å². The number of amides is 1. The van der Waals surface area contributed by atoms with E-state index in [1.165, 1.54) is 18.2 Å². The summed E-state index contributed by atoms with van der Waals surface area (Å²) in [5, 5.41) is 18.7. The Morgan fingerprint density at radius 3 is 2.50 bits per heavy atom. The van der Waals surface area contributed by atoms with Gasteiger partial charge in [0.25, 0.3) is 0 Å². The number of carbonyl (C=O) groups excluding carboxylic acids is 1. The molecule has 0 spiro atoms. The van der Waals surface area contributed by atoms with Crippen LogP contribution in [-0.4, -0.2) is 52.4 Å². The largest absolute Gasteiger partial charge is 0.494 e. The van der Waals surface area contributed by atoms with Crippen molar-refractivity contribution in [2.24, 2.45) is 0 Å². The van der Waals surface area contributed by atoms with Gasteiger partial charge in [0.1, 0.15) is 5.60 Å². The van der Waals surface area contributed by atoms with E-state index in [0.717, 1.165) is 0 Å². The highest BCUT2D eigenvalue weighted by atomic mass is 16.6. The number of methoxy groups -OCH3 is 1. The van der Waals surface area contributed by atoms with Gasteiger partial charge in [-0.05, 0) is 33.3 Å². The highest BCUT2D eigenvalue weighted by Crippen LogP contribution is 2.13. The molecule has 0 aliphatic rings. The fourth-order valence-electron chi connectivity index (χ4n) is 1.81.